The molecule has 0 fully saturated rings. The van der Waals surface area contributed by atoms with E-state index in [0.717, 1.165) is 16.5 Å². The number of halogens is 1. The van der Waals surface area contributed by atoms with Crippen molar-refractivity contribution in [2.75, 3.05) is 5.33 Å². The molecule has 1 heterocycles. The largest absolute Gasteiger partial charge is 0.387 e. The average Bonchev–Trinajstić information content (AvgIpc) is 2.56. The molecule has 1 aromatic heterocycles. The van der Waals surface area contributed by atoms with Gasteiger partial charge in [0.05, 0.1) is 6.10 Å². The zero-order valence-corrected chi connectivity index (χ0v) is 9.53. The second-order valence-electron chi connectivity index (χ2n) is 3.38. The normalized spacial score (nSPS) is 13.4. The third-order valence-corrected chi connectivity index (χ3v) is 3.05. The maximum atomic E-state index is 9.78. The number of hydrogen-bond acceptors (Lipinski definition) is 1. The van der Waals surface area contributed by atoms with E-state index >= 15 is 0 Å². The summed E-state index contributed by atoms with van der Waals surface area (Å²) in [6.45, 7) is 0. The molecule has 2 aromatic rings. The summed E-state index contributed by atoms with van der Waals surface area (Å²) in [6, 6.07) is 8.09. The van der Waals surface area contributed by atoms with Crippen LogP contribution >= 0.6 is 15.9 Å². The molecule has 1 unspecified atom stereocenters. The fourth-order valence-electron chi connectivity index (χ4n) is 1.72. The second kappa shape index (κ2) is 3.75. The number of aliphatic hydroxyl groups is 1. The SMILES string of the molecule is Cn1cc(C(O)CBr)c2ccccc21. The Hall–Kier alpha value is -0.800. The molecular weight excluding hydrogens is 242 g/mol. The fourth-order valence-corrected chi connectivity index (χ4v) is 2.07. The number of hydrogen-bond donors (Lipinski definition) is 1. The molecule has 0 saturated carbocycles. The zero-order chi connectivity index (χ0) is 10.1. The van der Waals surface area contributed by atoms with E-state index in [1.165, 1.54) is 0 Å². The quantitative estimate of drug-likeness (QED) is 0.819. The molecule has 0 radical (unpaired) electrons. The molecule has 0 spiro atoms. The summed E-state index contributed by atoms with van der Waals surface area (Å²) in [6.07, 6.45) is 1.55. The van der Waals surface area contributed by atoms with Crippen molar-refractivity contribution in [2.24, 2.45) is 7.05 Å². The Bertz CT molecular complexity index is 449. The van der Waals surface area contributed by atoms with Gasteiger partial charge in [-0.05, 0) is 6.07 Å². The Morgan fingerprint density at radius 1 is 1.43 bits per heavy atom. The van der Waals surface area contributed by atoms with Crippen LogP contribution in [0, 0.1) is 0 Å². The molecule has 1 N–H and O–H groups in total. The third-order valence-electron chi connectivity index (χ3n) is 2.43. The van der Waals surface area contributed by atoms with Crippen molar-refractivity contribution in [3.63, 3.8) is 0 Å². The maximum absolute atomic E-state index is 9.78. The Kier molecular flexibility index (Phi) is 2.61. The molecule has 74 valence electrons. The van der Waals surface area contributed by atoms with Gasteiger partial charge in [-0.2, -0.15) is 0 Å². The van der Waals surface area contributed by atoms with Gasteiger partial charge in [0.25, 0.3) is 0 Å². The molecule has 0 bridgehead atoms. The molecule has 1 atom stereocenters. The van der Waals surface area contributed by atoms with Crippen molar-refractivity contribution in [3.8, 4) is 0 Å². The fraction of sp³-hybridized carbons (Fsp3) is 0.273. The number of nitrogens with zero attached hydrogens (tertiary/aromatic N) is 1. The van der Waals surface area contributed by atoms with E-state index in [9.17, 15) is 5.11 Å². The van der Waals surface area contributed by atoms with Crippen LogP contribution in [-0.4, -0.2) is 15.0 Å². The van der Waals surface area contributed by atoms with E-state index in [1.54, 1.807) is 0 Å². The highest BCUT2D eigenvalue weighted by Crippen LogP contribution is 2.26. The van der Waals surface area contributed by atoms with E-state index in [2.05, 4.69) is 22.0 Å². The average molecular weight is 254 g/mol. The molecule has 0 saturated heterocycles. The molecular formula is C11H12BrNO. The Balaban J connectivity index is 2.66. The summed E-state index contributed by atoms with van der Waals surface area (Å²) < 4.78 is 2.04. The highest BCUT2D eigenvalue weighted by molar-refractivity contribution is 9.09. The van der Waals surface area contributed by atoms with E-state index in [4.69, 9.17) is 0 Å². The van der Waals surface area contributed by atoms with Crippen LogP contribution in [0.1, 0.15) is 11.7 Å². The smallest absolute Gasteiger partial charge is 0.0907 e. The molecule has 0 amide bonds. The van der Waals surface area contributed by atoms with Crippen LogP contribution in [0.25, 0.3) is 10.9 Å². The first kappa shape index (κ1) is 9.74. The van der Waals surface area contributed by atoms with Gasteiger partial charge >= 0.3 is 0 Å². The van der Waals surface area contributed by atoms with Crippen LogP contribution < -0.4 is 0 Å². The van der Waals surface area contributed by atoms with Crippen molar-refractivity contribution in [1.29, 1.82) is 0 Å². The lowest BCUT2D eigenvalue weighted by Crippen LogP contribution is -1.96. The van der Waals surface area contributed by atoms with Crippen molar-refractivity contribution >= 4 is 26.8 Å². The van der Waals surface area contributed by atoms with E-state index in [-0.39, 0.29) is 0 Å². The van der Waals surface area contributed by atoms with Gasteiger partial charge in [0.2, 0.25) is 0 Å². The number of aromatic nitrogens is 1. The molecule has 1 aromatic carbocycles. The molecule has 3 heteroatoms. The summed E-state index contributed by atoms with van der Waals surface area (Å²) in [4.78, 5) is 0. The van der Waals surface area contributed by atoms with Crippen molar-refractivity contribution in [2.45, 2.75) is 6.10 Å². The van der Waals surface area contributed by atoms with Crippen molar-refractivity contribution in [1.82, 2.24) is 4.57 Å². The van der Waals surface area contributed by atoms with Crippen LogP contribution in [0.5, 0.6) is 0 Å². The van der Waals surface area contributed by atoms with Gasteiger partial charge in [-0.25, -0.2) is 0 Å². The van der Waals surface area contributed by atoms with Crippen LogP contribution in [0.3, 0.4) is 0 Å². The predicted molar refractivity (Wildman–Crippen MR) is 61.7 cm³/mol. The first-order valence-corrected chi connectivity index (χ1v) is 5.64. The molecule has 0 aliphatic carbocycles. The summed E-state index contributed by atoms with van der Waals surface area (Å²) in [5.41, 5.74) is 2.14. The molecule has 2 nitrogen and oxygen atoms in total. The molecule has 2 rings (SSSR count). The number of aryl methyl sites for hydroxylation is 1. The minimum absolute atomic E-state index is 0.430. The number of fused-ring (bicyclic) bond motifs is 1. The van der Waals surface area contributed by atoms with E-state index < -0.39 is 6.10 Å². The minimum atomic E-state index is -0.430. The predicted octanol–water partition coefficient (Wildman–Crippen LogP) is 2.61. The molecule has 0 aliphatic rings. The van der Waals surface area contributed by atoms with Gasteiger partial charge in [0.1, 0.15) is 0 Å². The lowest BCUT2D eigenvalue weighted by molar-refractivity contribution is 0.207. The van der Waals surface area contributed by atoms with Crippen LogP contribution in [-0.2, 0) is 7.05 Å². The van der Waals surface area contributed by atoms with Crippen LogP contribution in [0.15, 0.2) is 30.5 Å². The molecule has 14 heavy (non-hydrogen) atoms. The van der Waals surface area contributed by atoms with Gasteiger partial charge in [0, 0.05) is 35.0 Å². The summed E-state index contributed by atoms with van der Waals surface area (Å²) >= 11 is 3.29. The number of rotatable bonds is 2. The first-order chi connectivity index (χ1) is 6.74. The Morgan fingerprint density at radius 3 is 2.86 bits per heavy atom. The topological polar surface area (TPSA) is 25.2 Å². The van der Waals surface area contributed by atoms with Crippen LogP contribution in [0.4, 0.5) is 0 Å². The van der Waals surface area contributed by atoms with Gasteiger partial charge in [-0.1, -0.05) is 34.1 Å². The van der Waals surface area contributed by atoms with Crippen molar-refractivity contribution in [3.05, 3.63) is 36.0 Å². The maximum Gasteiger partial charge on any atom is 0.0907 e. The lowest BCUT2D eigenvalue weighted by Gasteiger charge is -2.03. The summed E-state index contributed by atoms with van der Waals surface area (Å²) in [7, 11) is 1.99. The summed E-state index contributed by atoms with van der Waals surface area (Å²) in [5.74, 6) is 0. The van der Waals surface area contributed by atoms with Gasteiger partial charge in [0.15, 0.2) is 0 Å². The lowest BCUT2D eigenvalue weighted by atomic mass is 10.1. The van der Waals surface area contributed by atoms with Gasteiger partial charge in [-0.15, -0.1) is 0 Å². The minimum Gasteiger partial charge on any atom is -0.387 e. The van der Waals surface area contributed by atoms with Crippen LogP contribution in [0.2, 0.25) is 0 Å². The van der Waals surface area contributed by atoms with Gasteiger partial charge < -0.3 is 9.67 Å². The third kappa shape index (κ3) is 1.47. The zero-order valence-electron chi connectivity index (χ0n) is 7.94. The first-order valence-electron chi connectivity index (χ1n) is 4.52. The highest BCUT2D eigenvalue weighted by Gasteiger charge is 2.12. The number of para-hydroxylation sites is 1. The van der Waals surface area contributed by atoms with E-state index in [0.29, 0.717) is 5.33 Å². The van der Waals surface area contributed by atoms with Crippen molar-refractivity contribution < 1.29 is 5.11 Å². The second-order valence-corrected chi connectivity index (χ2v) is 4.03. The monoisotopic (exact) mass is 253 g/mol. The highest BCUT2D eigenvalue weighted by atomic mass is 79.9. The number of benzene rings is 1. The van der Waals surface area contributed by atoms with Gasteiger partial charge in [-0.3, -0.25) is 0 Å². The standard InChI is InChI=1S/C11H12BrNO/c1-13-7-9(11(14)6-12)8-4-2-3-5-10(8)13/h2-5,7,11,14H,6H2,1H3. The molecule has 0 aliphatic heterocycles. The van der Waals surface area contributed by atoms with E-state index in [1.807, 2.05) is 36.0 Å². The Labute approximate surface area is 91.3 Å². The number of alkyl halides is 1. The Morgan fingerprint density at radius 2 is 2.14 bits per heavy atom. The number of aliphatic hydroxyl groups excluding tert-OH is 1. The summed E-state index contributed by atoms with van der Waals surface area (Å²) in [5, 5.41) is 11.5.